The zero-order valence-electron chi connectivity index (χ0n) is 12.5. The van der Waals surface area contributed by atoms with Crippen LogP contribution in [0.15, 0.2) is 39.7 Å². The Balaban J connectivity index is 1.87. The minimum Gasteiger partial charge on any atom is -0.339 e. The smallest absolute Gasteiger partial charge is 0.242 e. The van der Waals surface area contributed by atoms with Crippen LogP contribution in [0.1, 0.15) is 0 Å². The van der Waals surface area contributed by atoms with Crippen LogP contribution in [0.3, 0.4) is 0 Å². The van der Waals surface area contributed by atoms with Crippen molar-refractivity contribution in [1.82, 2.24) is 14.4 Å². The number of amides is 1. The van der Waals surface area contributed by atoms with Crippen molar-refractivity contribution in [2.75, 3.05) is 33.2 Å². The number of likely N-dealkylation sites (N-methyl/N-ethyl adjacent to an activating group) is 1. The lowest BCUT2D eigenvalue weighted by Crippen LogP contribution is -2.48. The molecule has 2 aromatic rings. The third-order valence-corrected chi connectivity index (χ3v) is 4.60. The maximum atomic E-state index is 12.5. The molecule has 0 saturated carbocycles. The molecule has 1 aliphatic rings. The van der Waals surface area contributed by atoms with E-state index < -0.39 is 0 Å². The van der Waals surface area contributed by atoms with Gasteiger partial charge >= 0.3 is 0 Å². The standard InChI is InChI=1S/C16H18BrN3O2/c1-18-6-8-19(9-7-18)16(22)11-20-5-4-15(21)13-3-2-12(17)10-14(13)20/h2-5,10H,6-9,11H2,1H3. The van der Waals surface area contributed by atoms with Gasteiger partial charge < -0.3 is 14.4 Å². The summed E-state index contributed by atoms with van der Waals surface area (Å²) in [5, 5.41) is 0.636. The van der Waals surface area contributed by atoms with Gasteiger partial charge in [0.15, 0.2) is 5.43 Å². The Morgan fingerprint density at radius 1 is 1.18 bits per heavy atom. The molecule has 0 atom stereocenters. The first-order valence-electron chi connectivity index (χ1n) is 7.29. The molecule has 22 heavy (non-hydrogen) atoms. The molecule has 0 N–H and O–H groups in total. The van der Waals surface area contributed by atoms with E-state index >= 15 is 0 Å². The summed E-state index contributed by atoms with van der Waals surface area (Å²) in [7, 11) is 2.06. The van der Waals surface area contributed by atoms with Crippen molar-refractivity contribution in [3.8, 4) is 0 Å². The largest absolute Gasteiger partial charge is 0.339 e. The molecule has 3 rings (SSSR count). The second-order valence-corrected chi connectivity index (χ2v) is 6.57. The summed E-state index contributed by atoms with van der Waals surface area (Å²) >= 11 is 3.42. The van der Waals surface area contributed by atoms with Crippen LogP contribution in [-0.2, 0) is 11.3 Å². The Kier molecular flexibility index (Phi) is 4.31. The van der Waals surface area contributed by atoms with Crippen molar-refractivity contribution in [3.63, 3.8) is 0 Å². The molecule has 2 heterocycles. The van der Waals surface area contributed by atoms with E-state index in [1.54, 1.807) is 12.3 Å². The molecule has 1 aromatic heterocycles. The molecule has 0 radical (unpaired) electrons. The van der Waals surface area contributed by atoms with Gasteiger partial charge in [-0.1, -0.05) is 15.9 Å². The second kappa shape index (κ2) is 6.22. The highest BCUT2D eigenvalue weighted by molar-refractivity contribution is 9.10. The predicted molar refractivity (Wildman–Crippen MR) is 90.0 cm³/mol. The molecule has 1 aromatic carbocycles. The third kappa shape index (κ3) is 3.08. The lowest BCUT2D eigenvalue weighted by molar-refractivity contribution is -0.133. The van der Waals surface area contributed by atoms with E-state index in [1.807, 2.05) is 21.6 Å². The first kappa shape index (κ1) is 15.2. The summed E-state index contributed by atoms with van der Waals surface area (Å²) in [4.78, 5) is 28.5. The van der Waals surface area contributed by atoms with E-state index in [0.717, 1.165) is 36.2 Å². The Labute approximate surface area is 137 Å². The van der Waals surface area contributed by atoms with Gasteiger partial charge in [-0.25, -0.2) is 0 Å². The van der Waals surface area contributed by atoms with Gasteiger partial charge in [-0.2, -0.15) is 0 Å². The normalized spacial score (nSPS) is 16.2. The highest BCUT2D eigenvalue weighted by Gasteiger charge is 2.19. The molecular weight excluding hydrogens is 346 g/mol. The Morgan fingerprint density at radius 2 is 1.91 bits per heavy atom. The molecule has 1 saturated heterocycles. The van der Waals surface area contributed by atoms with Gasteiger partial charge in [-0.15, -0.1) is 0 Å². The highest BCUT2D eigenvalue weighted by Crippen LogP contribution is 2.17. The van der Waals surface area contributed by atoms with Crippen LogP contribution in [0.5, 0.6) is 0 Å². The lowest BCUT2D eigenvalue weighted by Gasteiger charge is -2.32. The molecule has 1 aliphatic heterocycles. The number of nitrogens with zero attached hydrogens (tertiary/aromatic N) is 3. The van der Waals surface area contributed by atoms with E-state index in [9.17, 15) is 9.59 Å². The number of hydrogen-bond acceptors (Lipinski definition) is 3. The lowest BCUT2D eigenvalue weighted by atomic mass is 10.2. The van der Waals surface area contributed by atoms with Crippen molar-refractivity contribution >= 4 is 32.7 Å². The minimum absolute atomic E-state index is 0.0224. The molecule has 116 valence electrons. The number of benzene rings is 1. The number of carbonyl (C=O) groups excluding carboxylic acids is 1. The van der Waals surface area contributed by atoms with Crippen LogP contribution in [-0.4, -0.2) is 53.5 Å². The topological polar surface area (TPSA) is 45.5 Å². The predicted octanol–water partition coefficient (Wildman–Crippen LogP) is 1.54. The van der Waals surface area contributed by atoms with Crippen LogP contribution in [0.25, 0.3) is 10.9 Å². The van der Waals surface area contributed by atoms with Gasteiger partial charge in [0, 0.05) is 48.3 Å². The van der Waals surface area contributed by atoms with Gasteiger partial charge in [0.1, 0.15) is 6.54 Å². The Hall–Kier alpha value is -1.66. The van der Waals surface area contributed by atoms with Crippen molar-refractivity contribution < 1.29 is 4.79 Å². The maximum Gasteiger partial charge on any atom is 0.242 e. The van der Waals surface area contributed by atoms with E-state index in [-0.39, 0.29) is 17.9 Å². The van der Waals surface area contributed by atoms with Crippen LogP contribution >= 0.6 is 15.9 Å². The van der Waals surface area contributed by atoms with E-state index in [4.69, 9.17) is 0 Å². The maximum absolute atomic E-state index is 12.5. The van der Waals surface area contributed by atoms with Crippen molar-refractivity contribution in [3.05, 3.63) is 45.2 Å². The summed E-state index contributed by atoms with van der Waals surface area (Å²) in [6, 6.07) is 7.04. The minimum atomic E-state index is -0.0224. The van der Waals surface area contributed by atoms with Crippen LogP contribution in [0.4, 0.5) is 0 Å². The van der Waals surface area contributed by atoms with E-state index in [0.29, 0.717) is 5.39 Å². The van der Waals surface area contributed by atoms with Crippen LogP contribution < -0.4 is 5.43 Å². The van der Waals surface area contributed by atoms with Gasteiger partial charge in [0.2, 0.25) is 5.91 Å². The quantitative estimate of drug-likeness (QED) is 0.812. The number of halogens is 1. The average molecular weight is 364 g/mol. The molecule has 0 aliphatic carbocycles. The molecule has 6 heteroatoms. The summed E-state index contributed by atoms with van der Waals surface area (Å²) in [6.07, 6.45) is 1.70. The summed E-state index contributed by atoms with van der Waals surface area (Å²) in [6.45, 7) is 3.59. The SMILES string of the molecule is CN1CCN(C(=O)Cn2ccc(=O)c3ccc(Br)cc32)CC1. The monoisotopic (exact) mass is 363 g/mol. The molecule has 5 nitrogen and oxygen atoms in total. The van der Waals surface area contributed by atoms with Crippen molar-refractivity contribution in [2.24, 2.45) is 0 Å². The first-order chi connectivity index (χ1) is 10.5. The van der Waals surface area contributed by atoms with E-state index in [1.165, 1.54) is 6.07 Å². The van der Waals surface area contributed by atoms with Gasteiger partial charge in [0.05, 0.1) is 5.52 Å². The summed E-state index contributed by atoms with van der Waals surface area (Å²) in [5.74, 6) is 0.0954. The molecule has 0 spiro atoms. The Bertz CT molecular complexity index is 764. The zero-order valence-corrected chi connectivity index (χ0v) is 14.0. The number of rotatable bonds is 2. The van der Waals surface area contributed by atoms with Gasteiger partial charge in [-0.3, -0.25) is 9.59 Å². The average Bonchev–Trinajstić information content (AvgIpc) is 2.50. The molecule has 0 bridgehead atoms. The summed E-state index contributed by atoms with van der Waals surface area (Å²) < 4.78 is 2.74. The number of piperazine rings is 1. The molecular formula is C16H18BrN3O2. The third-order valence-electron chi connectivity index (χ3n) is 4.10. The van der Waals surface area contributed by atoms with E-state index in [2.05, 4.69) is 27.9 Å². The van der Waals surface area contributed by atoms with Crippen molar-refractivity contribution in [2.45, 2.75) is 6.54 Å². The second-order valence-electron chi connectivity index (χ2n) is 5.65. The fourth-order valence-corrected chi connectivity index (χ4v) is 3.07. The number of carbonyl (C=O) groups is 1. The fraction of sp³-hybridized carbons (Fsp3) is 0.375. The highest BCUT2D eigenvalue weighted by atomic mass is 79.9. The van der Waals surface area contributed by atoms with Gasteiger partial charge in [0.25, 0.3) is 0 Å². The first-order valence-corrected chi connectivity index (χ1v) is 8.09. The Morgan fingerprint density at radius 3 is 2.64 bits per heavy atom. The zero-order chi connectivity index (χ0) is 15.7. The molecule has 1 amide bonds. The number of pyridine rings is 1. The molecule has 1 fully saturated rings. The number of hydrogen-bond donors (Lipinski definition) is 0. The summed E-state index contributed by atoms with van der Waals surface area (Å²) in [5.41, 5.74) is 0.759. The van der Waals surface area contributed by atoms with Crippen molar-refractivity contribution in [1.29, 1.82) is 0 Å². The molecule has 0 unspecified atom stereocenters. The number of aromatic nitrogens is 1. The number of fused-ring (bicyclic) bond motifs is 1. The van der Waals surface area contributed by atoms with Gasteiger partial charge in [-0.05, 0) is 25.2 Å². The fourth-order valence-electron chi connectivity index (χ4n) is 2.72. The van der Waals surface area contributed by atoms with Crippen LogP contribution in [0.2, 0.25) is 0 Å². The van der Waals surface area contributed by atoms with Crippen LogP contribution in [0, 0.1) is 0 Å².